The van der Waals surface area contributed by atoms with Crippen LogP contribution in [-0.4, -0.2) is 26.4 Å². The van der Waals surface area contributed by atoms with Gasteiger partial charge in [-0.3, -0.25) is 4.79 Å². The second-order valence-corrected chi connectivity index (χ2v) is 5.81. The lowest BCUT2D eigenvalue weighted by atomic mass is 10.2. The molecule has 1 heterocycles. The van der Waals surface area contributed by atoms with Crippen LogP contribution in [0.2, 0.25) is 0 Å². The minimum absolute atomic E-state index is 0.151. The summed E-state index contributed by atoms with van der Waals surface area (Å²) in [5, 5.41) is 11.4. The molecule has 2 rings (SSSR count). The van der Waals surface area contributed by atoms with Gasteiger partial charge in [-0.2, -0.15) is 0 Å². The Bertz CT molecular complexity index is 642. The molecule has 0 saturated carbocycles. The van der Waals surface area contributed by atoms with E-state index >= 15 is 0 Å². The lowest BCUT2D eigenvalue weighted by Crippen LogP contribution is -2.15. The summed E-state index contributed by atoms with van der Waals surface area (Å²) in [4.78, 5) is 11.8. The zero-order chi connectivity index (χ0) is 15.4. The fourth-order valence-electron chi connectivity index (χ4n) is 1.83. The number of hydrogen-bond donors (Lipinski definition) is 1. The van der Waals surface area contributed by atoms with E-state index in [1.54, 1.807) is 12.1 Å². The van der Waals surface area contributed by atoms with Crippen LogP contribution in [0.25, 0.3) is 0 Å². The molecular weight excluding hydrogens is 291 g/mol. The predicted molar refractivity (Wildman–Crippen MR) is 80.8 cm³/mol. The van der Waals surface area contributed by atoms with Crippen LogP contribution >= 0.6 is 11.8 Å². The number of hydrogen-bond acceptors (Lipinski definition) is 4. The second-order valence-electron chi connectivity index (χ2n) is 4.87. The Labute approximate surface area is 127 Å². The van der Waals surface area contributed by atoms with Gasteiger partial charge in [-0.05, 0) is 12.1 Å². The van der Waals surface area contributed by atoms with Crippen LogP contribution in [-0.2, 0) is 11.8 Å². The molecule has 0 radical (unpaired) electrons. The fourth-order valence-corrected chi connectivity index (χ4v) is 2.55. The van der Waals surface area contributed by atoms with E-state index in [4.69, 9.17) is 0 Å². The normalized spacial score (nSPS) is 10.9. The number of halogens is 1. The highest BCUT2D eigenvalue weighted by atomic mass is 32.2. The van der Waals surface area contributed by atoms with Crippen molar-refractivity contribution in [3.8, 4) is 0 Å². The molecule has 1 aromatic carbocycles. The molecule has 7 heteroatoms. The van der Waals surface area contributed by atoms with E-state index in [9.17, 15) is 9.18 Å². The molecule has 1 amide bonds. The molecule has 2 aromatic rings. The van der Waals surface area contributed by atoms with Crippen LogP contribution in [0.1, 0.15) is 25.6 Å². The average molecular weight is 308 g/mol. The molecule has 0 aliphatic carbocycles. The number of benzene rings is 1. The quantitative estimate of drug-likeness (QED) is 0.863. The highest BCUT2D eigenvalue weighted by molar-refractivity contribution is 7.99. The van der Waals surface area contributed by atoms with E-state index in [2.05, 4.69) is 15.5 Å². The van der Waals surface area contributed by atoms with Gasteiger partial charge in [-0.1, -0.05) is 37.7 Å². The van der Waals surface area contributed by atoms with Gasteiger partial charge in [0.1, 0.15) is 11.6 Å². The first-order valence-corrected chi connectivity index (χ1v) is 7.54. The topological polar surface area (TPSA) is 59.8 Å². The molecule has 0 atom stereocenters. The van der Waals surface area contributed by atoms with Crippen molar-refractivity contribution in [2.45, 2.75) is 24.9 Å². The van der Waals surface area contributed by atoms with Crippen LogP contribution in [0.4, 0.5) is 10.1 Å². The molecule has 112 valence electrons. The molecule has 0 aliphatic rings. The average Bonchev–Trinajstić information content (AvgIpc) is 2.80. The summed E-state index contributed by atoms with van der Waals surface area (Å²) in [7, 11) is 1.87. The molecule has 0 bridgehead atoms. The third-order valence-corrected chi connectivity index (χ3v) is 3.89. The number of thioether (sulfide) groups is 1. The first kappa shape index (κ1) is 15.5. The van der Waals surface area contributed by atoms with Gasteiger partial charge in [0.25, 0.3) is 0 Å². The van der Waals surface area contributed by atoms with Gasteiger partial charge in [-0.15, -0.1) is 10.2 Å². The minimum Gasteiger partial charge on any atom is -0.323 e. The maximum Gasteiger partial charge on any atom is 0.234 e. The van der Waals surface area contributed by atoms with Crippen molar-refractivity contribution in [3.63, 3.8) is 0 Å². The lowest BCUT2D eigenvalue weighted by Gasteiger charge is -2.07. The highest BCUT2D eigenvalue weighted by Gasteiger charge is 2.14. The number of carbonyl (C=O) groups is 1. The largest absolute Gasteiger partial charge is 0.323 e. The van der Waals surface area contributed by atoms with Crippen LogP contribution in [0, 0.1) is 5.82 Å². The Balaban J connectivity index is 1.94. The number of para-hydroxylation sites is 1. The van der Waals surface area contributed by atoms with Gasteiger partial charge in [0, 0.05) is 13.0 Å². The van der Waals surface area contributed by atoms with Crippen molar-refractivity contribution in [1.29, 1.82) is 0 Å². The van der Waals surface area contributed by atoms with Crippen LogP contribution < -0.4 is 5.32 Å². The second kappa shape index (κ2) is 6.71. The number of aromatic nitrogens is 3. The number of nitrogens with zero attached hydrogens (tertiary/aromatic N) is 3. The summed E-state index contributed by atoms with van der Waals surface area (Å²) in [5.74, 6) is 0.560. The number of anilines is 1. The zero-order valence-electron chi connectivity index (χ0n) is 12.1. The van der Waals surface area contributed by atoms with E-state index in [1.807, 2.05) is 25.5 Å². The summed E-state index contributed by atoms with van der Waals surface area (Å²) in [6.07, 6.45) is 0. The van der Waals surface area contributed by atoms with Crippen molar-refractivity contribution in [1.82, 2.24) is 14.8 Å². The molecule has 1 N–H and O–H groups in total. The first-order chi connectivity index (χ1) is 9.99. The molecule has 0 saturated heterocycles. The van der Waals surface area contributed by atoms with Crippen molar-refractivity contribution in [2.75, 3.05) is 11.1 Å². The maximum absolute atomic E-state index is 13.4. The number of amides is 1. The smallest absolute Gasteiger partial charge is 0.234 e. The molecule has 0 fully saturated rings. The van der Waals surface area contributed by atoms with Crippen molar-refractivity contribution in [2.24, 2.45) is 7.05 Å². The van der Waals surface area contributed by atoms with E-state index in [0.29, 0.717) is 5.16 Å². The minimum atomic E-state index is -0.448. The number of carbonyl (C=O) groups excluding carboxylic acids is 1. The molecule has 5 nitrogen and oxygen atoms in total. The monoisotopic (exact) mass is 308 g/mol. The van der Waals surface area contributed by atoms with Gasteiger partial charge in [0.15, 0.2) is 5.16 Å². The molecule has 0 unspecified atom stereocenters. The van der Waals surface area contributed by atoms with E-state index in [1.165, 1.54) is 23.9 Å². The lowest BCUT2D eigenvalue weighted by molar-refractivity contribution is -0.113. The summed E-state index contributed by atoms with van der Waals surface area (Å²) in [6, 6.07) is 6.08. The van der Waals surface area contributed by atoms with E-state index in [-0.39, 0.29) is 23.3 Å². The van der Waals surface area contributed by atoms with Gasteiger partial charge >= 0.3 is 0 Å². The van der Waals surface area contributed by atoms with Crippen molar-refractivity contribution < 1.29 is 9.18 Å². The number of rotatable bonds is 5. The van der Waals surface area contributed by atoms with Crippen molar-refractivity contribution >= 4 is 23.4 Å². The van der Waals surface area contributed by atoms with Crippen molar-refractivity contribution in [3.05, 3.63) is 35.9 Å². The third kappa shape index (κ3) is 3.81. The van der Waals surface area contributed by atoms with Gasteiger partial charge in [0.2, 0.25) is 5.91 Å². The molecule has 0 spiro atoms. The standard InChI is InChI=1S/C14H17FN4OS/c1-9(2)13-17-18-14(19(13)3)21-8-12(20)16-11-7-5-4-6-10(11)15/h4-7,9H,8H2,1-3H3,(H,16,20). The summed E-state index contributed by atoms with van der Waals surface area (Å²) in [6.45, 7) is 4.06. The van der Waals surface area contributed by atoms with E-state index in [0.717, 1.165) is 5.82 Å². The highest BCUT2D eigenvalue weighted by Crippen LogP contribution is 2.20. The van der Waals surface area contributed by atoms with Crippen LogP contribution in [0.5, 0.6) is 0 Å². The SMILES string of the molecule is CC(C)c1nnc(SCC(=O)Nc2ccccc2F)n1C. The summed E-state index contributed by atoms with van der Waals surface area (Å²) >= 11 is 1.27. The Kier molecular flexibility index (Phi) is 4.95. The summed E-state index contributed by atoms with van der Waals surface area (Å²) in [5.41, 5.74) is 0.184. The maximum atomic E-state index is 13.4. The molecule has 1 aromatic heterocycles. The number of nitrogens with one attached hydrogen (secondary N) is 1. The molecular formula is C14H17FN4OS. The van der Waals surface area contributed by atoms with E-state index < -0.39 is 5.82 Å². The Hall–Kier alpha value is -1.89. The Morgan fingerprint density at radius 3 is 2.71 bits per heavy atom. The Morgan fingerprint density at radius 2 is 2.10 bits per heavy atom. The summed E-state index contributed by atoms with van der Waals surface area (Å²) < 4.78 is 15.3. The Morgan fingerprint density at radius 1 is 1.38 bits per heavy atom. The zero-order valence-corrected chi connectivity index (χ0v) is 12.9. The first-order valence-electron chi connectivity index (χ1n) is 6.55. The van der Waals surface area contributed by atoms with Gasteiger partial charge in [-0.25, -0.2) is 4.39 Å². The fraction of sp³-hybridized carbons (Fsp3) is 0.357. The molecule has 21 heavy (non-hydrogen) atoms. The van der Waals surface area contributed by atoms with Gasteiger partial charge in [0.05, 0.1) is 11.4 Å². The van der Waals surface area contributed by atoms with Crippen LogP contribution in [0.15, 0.2) is 29.4 Å². The third-order valence-electron chi connectivity index (χ3n) is 2.87. The van der Waals surface area contributed by atoms with Gasteiger partial charge < -0.3 is 9.88 Å². The molecule has 0 aliphatic heterocycles. The van der Waals surface area contributed by atoms with Crippen LogP contribution in [0.3, 0.4) is 0 Å². The predicted octanol–water partition coefficient (Wildman–Crippen LogP) is 2.81.